The molecule has 1 aromatic heterocycles. The first kappa shape index (κ1) is 10.4. The molecule has 1 heterocycles. The summed E-state index contributed by atoms with van der Waals surface area (Å²) in [6.07, 6.45) is 1.75. The van der Waals surface area contributed by atoms with Crippen LogP contribution in [0.1, 0.15) is 5.01 Å². The lowest BCUT2D eigenvalue weighted by Crippen LogP contribution is -2.32. The highest BCUT2D eigenvalue weighted by atomic mass is 32.1. The second kappa shape index (κ2) is 4.04. The molecule has 0 spiro atoms. The minimum Gasteiger partial charge on any atom is -0.323 e. The van der Waals surface area contributed by atoms with Crippen LogP contribution in [0.4, 0.5) is 0 Å². The largest absolute Gasteiger partial charge is 0.323 e. The van der Waals surface area contributed by atoms with E-state index in [1.165, 1.54) is 0 Å². The van der Waals surface area contributed by atoms with Crippen LogP contribution < -0.4 is 5.48 Å². The second-order valence-corrected chi connectivity index (χ2v) is 8.96. The fraction of sp³-hybridized carbons (Fsp3) is 0.375. The van der Waals surface area contributed by atoms with Crippen LogP contribution in [-0.4, -0.2) is 13.3 Å². The van der Waals surface area contributed by atoms with Gasteiger partial charge >= 0.3 is 0 Å². The van der Waals surface area contributed by atoms with E-state index in [0.29, 0.717) is 0 Å². The molecular formula is C8H14N2OSSi. The molecule has 3 nitrogen and oxygen atoms in total. The van der Waals surface area contributed by atoms with Gasteiger partial charge < -0.3 is 4.53 Å². The number of aromatic nitrogens is 1. The van der Waals surface area contributed by atoms with E-state index in [9.17, 15) is 0 Å². The molecule has 0 aliphatic heterocycles. The summed E-state index contributed by atoms with van der Waals surface area (Å²) >= 11 is 1.54. The van der Waals surface area contributed by atoms with Gasteiger partial charge in [-0.25, -0.2) is 4.98 Å². The number of hydroxylamine groups is 1. The van der Waals surface area contributed by atoms with E-state index in [1.807, 2.05) is 5.38 Å². The van der Waals surface area contributed by atoms with Crippen LogP contribution in [0.5, 0.6) is 0 Å². The number of nitrogens with zero attached hydrogens (tertiary/aromatic N) is 1. The fourth-order valence-corrected chi connectivity index (χ4v) is 1.62. The number of thiazole rings is 1. The molecule has 1 N–H and O–H groups in total. The third-order valence-corrected chi connectivity index (χ3v) is 2.72. The lowest BCUT2D eigenvalue weighted by atomic mass is 10.5. The zero-order chi connectivity index (χ0) is 9.90. The van der Waals surface area contributed by atoms with E-state index in [4.69, 9.17) is 4.53 Å². The molecule has 0 saturated heterocycles. The van der Waals surface area contributed by atoms with Crippen molar-refractivity contribution in [3.05, 3.63) is 23.2 Å². The topological polar surface area (TPSA) is 34.1 Å². The molecule has 1 aromatic rings. The van der Waals surface area contributed by atoms with Crippen LogP contribution >= 0.6 is 11.3 Å². The molecular weight excluding hydrogens is 200 g/mol. The Bertz CT molecular complexity index is 279. The maximum absolute atomic E-state index is 5.47. The quantitative estimate of drug-likeness (QED) is 0.617. The first-order valence-corrected chi connectivity index (χ1v) is 8.30. The summed E-state index contributed by atoms with van der Waals surface area (Å²) in [5.74, 6) is 0. The van der Waals surface area contributed by atoms with Crippen LogP contribution in [0.15, 0.2) is 18.2 Å². The van der Waals surface area contributed by atoms with Crippen molar-refractivity contribution in [2.45, 2.75) is 19.6 Å². The van der Waals surface area contributed by atoms with Crippen molar-refractivity contribution < 1.29 is 4.53 Å². The van der Waals surface area contributed by atoms with Crippen LogP contribution in [0.3, 0.4) is 0 Å². The van der Waals surface area contributed by atoms with E-state index < -0.39 is 8.32 Å². The van der Waals surface area contributed by atoms with Crippen molar-refractivity contribution >= 4 is 25.4 Å². The Balaban J connectivity index is 2.44. The van der Waals surface area contributed by atoms with Gasteiger partial charge in [0.1, 0.15) is 5.01 Å². The van der Waals surface area contributed by atoms with Crippen LogP contribution in [0, 0.1) is 0 Å². The van der Waals surface area contributed by atoms with Crippen LogP contribution in [0.25, 0.3) is 5.70 Å². The highest BCUT2D eigenvalue weighted by Gasteiger charge is 2.15. The molecule has 13 heavy (non-hydrogen) atoms. The molecule has 0 atom stereocenters. The van der Waals surface area contributed by atoms with Gasteiger partial charge in [-0.15, -0.1) is 11.3 Å². The summed E-state index contributed by atoms with van der Waals surface area (Å²) in [5.41, 5.74) is 3.57. The summed E-state index contributed by atoms with van der Waals surface area (Å²) in [6.45, 7) is 10.2. The van der Waals surface area contributed by atoms with Crippen molar-refractivity contribution in [3.8, 4) is 0 Å². The zero-order valence-electron chi connectivity index (χ0n) is 8.13. The molecule has 0 bridgehead atoms. The molecule has 0 aliphatic rings. The maximum atomic E-state index is 5.47. The summed E-state index contributed by atoms with van der Waals surface area (Å²) in [6, 6.07) is 0. The molecule has 5 heteroatoms. The van der Waals surface area contributed by atoms with Gasteiger partial charge in [-0.3, -0.25) is 5.48 Å². The van der Waals surface area contributed by atoms with Crippen molar-refractivity contribution in [1.82, 2.24) is 10.5 Å². The van der Waals surface area contributed by atoms with Gasteiger partial charge in [0, 0.05) is 11.6 Å². The van der Waals surface area contributed by atoms with E-state index in [0.717, 1.165) is 10.7 Å². The van der Waals surface area contributed by atoms with Gasteiger partial charge in [-0.1, -0.05) is 6.58 Å². The highest BCUT2D eigenvalue weighted by molar-refractivity contribution is 7.10. The predicted octanol–water partition coefficient (Wildman–Crippen LogP) is 2.47. The van der Waals surface area contributed by atoms with Gasteiger partial charge in [0.05, 0.1) is 5.70 Å². The predicted molar refractivity (Wildman–Crippen MR) is 58.7 cm³/mol. The average molecular weight is 214 g/mol. The van der Waals surface area contributed by atoms with Crippen LogP contribution in [0.2, 0.25) is 19.6 Å². The smallest absolute Gasteiger partial charge is 0.220 e. The third kappa shape index (κ3) is 3.71. The number of rotatable bonds is 4. The Morgan fingerprint density at radius 3 is 2.77 bits per heavy atom. The lowest BCUT2D eigenvalue weighted by molar-refractivity contribution is 0.245. The van der Waals surface area contributed by atoms with Crippen molar-refractivity contribution in [1.29, 1.82) is 0 Å². The molecule has 0 amide bonds. The van der Waals surface area contributed by atoms with E-state index in [2.05, 4.69) is 36.7 Å². The van der Waals surface area contributed by atoms with Crippen molar-refractivity contribution in [2.24, 2.45) is 0 Å². The van der Waals surface area contributed by atoms with E-state index >= 15 is 0 Å². The summed E-state index contributed by atoms with van der Waals surface area (Å²) < 4.78 is 5.47. The molecule has 0 aliphatic carbocycles. The van der Waals surface area contributed by atoms with Gasteiger partial charge in [-0.2, -0.15) is 0 Å². The zero-order valence-corrected chi connectivity index (χ0v) is 9.94. The minimum atomic E-state index is -1.53. The van der Waals surface area contributed by atoms with E-state index in [1.54, 1.807) is 17.5 Å². The summed E-state index contributed by atoms with van der Waals surface area (Å²) in [4.78, 5) is 4.11. The Kier molecular flexibility index (Phi) is 3.24. The maximum Gasteiger partial charge on any atom is 0.220 e. The first-order chi connectivity index (χ1) is 5.99. The monoisotopic (exact) mass is 214 g/mol. The van der Waals surface area contributed by atoms with Crippen LogP contribution in [-0.2, 0) is 4.53 Å². The molecule has 0 radical (unpaired) electrons. The van der Waals surface area contributed by atoms with E-state index in [-0.39, 0.29) is 0 Å². The number of nitrogens with one attached hydrogen (secondary N) is 1. The van der Waals surface area contributed by atoms with Gasteiger partial charge in [0.2, 0.25) is 8.32 Å². The fourth-order valence-electron chi connectivity index (χ4n) is 0.631. The average Bonchev–Trinajstić information content (AvgIpc) is 2.50. The molecule has 1 rings (SSSR count). The Morgan fingerprint density at radius 1 is 1.62 bits per heavy atom. The molecule has 0 saturated carbocycles. The Hall–Kier alpha value is -0.653. The Labute approximate surface area is 83.5 Å². The van der Waals surface area contributed by atoms with Gasteiger partial charge in [0.15, 0.2) is 0 Å². The molecule has 0 unspecified atom stereocenters. The summed E-state index contributed by atoms with van der Waals surface area (Å²) in [7, 11) is -1.53. The Morgan fingerprint density at radius 2 is 2.31 bits per heavy atom. The van der Waals surface area contributed by atoms with Gasteiger partial charge in [0.25, 0.3) is 0 Å². The standard InChI is InChI=1S/C8H14N2OSSi/c1-7(8-9-5-6-12-8)10-11-13(2,3)4/h5-6,10H,1H2,2-4H3. The van der Waals surface area contributed by atoms with Crippen molar-refractivity contribution in [2.75, 3.05) is 0 Å². The lowest BCUT2D eigenvalue weighted by Gasteiger charge is -2.18. The summed E-state index contributed by atoms with van der Waals surface area (Å²) in [5, 5.41) is 2.79. The highest BCUT2D eigenvalue weighted by Crippen LogP contribution is 2.13. The molecule has 0 fully saturated rings. The normalized spacial score (nSPS) is 11.3. The minimum absolute atomic E-state index is 0.734. The number of hydrogen-bond acceptors (Lipinski definition) is 4. The van der Waals surface area contributed by atoms with Crippen molar-refractivity contribution in [3.63, 3.8) is 0 Å². The number of hydrogen-bond donors (Lipinski definition) is 1. The second-order valence-electron chi connectivity index (χ2n) is 3.63. The molecule has 0 aromatic carbocycles. The van der Waals surface area contributed by atoms with Gasteiger partial charge in [-0.05, 0) is 19.6 Å². The SMILES string of the molecule is C=C(NO[Si](C)(C)C)c1nccs1. The first-order valence-electron chi connectivity index (χ1n) is 4.02. The third-order valence-electron chi connectivity index (χ3n) is 1.17. The molecule has 72 valence electrons.